The van der Waals surface area contributed by atoms with Crippen LogP contribution in [0.25, 0.3) is 0 Å². The largest absolute Gasteiger partial charge is 0.324 e. The van der Waals surface area contributed by atoms with Crippen LogP contribution < -0.4 is 5.32 Å². The lowest BCUT2D eigenvalue weighted by Crippen LogP contribution is -2.39. The monoisotopic (exact) mass is 366 g/mol. The number of amides is 1. The molecule has 0 spiro atoms. The number of para-hydroxylation sites is 1. The van der Waals surface area contributed by atoms with E-state index in [2.05, 4.69) is 68.2 Å². The van der Waals surface area contributed by atoms with Gasteiger partial charge in [0.25, 0.3) is 0 Å². The Hall–Kier alpha value is -2.13. The molecule has 2 aromatic rings. The first-order valence-electron chi connectivity index (χ1n) is 10.0. The number of hydrogen-bond acceptors (Lipinski definition) is 2. The molecule has 0 aliphatic carbocycles. The van der Waals surface area contributed by atoms with Crippen molar-refractivity contribution in [2.75, 3.05) is 12.4 Å². The Labute approximate surface area is 164 Å². The smallest absolute Gasteiger partial charge is 0.241 e. The van der Waals surface area contributed by atoms with Gasteiger partial charge < -0.3 is 5.32 Å². The number of nitrogens with zero attached hydrogens (tertiary/aromatic N) is 1. The van der Waals surface area contributed by atoms with Gasteiger partial charge >= 0.3 is 0 Å². The summed E-state index contributed by atoms with van der Waals surface area (Å²) in [5, 5.41) is 3.14. The molecule has 27 heavy (non-hydrogen) atoms. The maximum absolute atomic E-state index is 12.8. The molecule has 1 N–H and O–H groups in total. The van der Waals surface area contributed by atoms with Gasteiger partial charge in [-0.1, -0.05) is 70.2 Å². The van der Waals surface area contributed by atoms with Crippen LogP contribution in [0.4, 0.5) is 5.69 Å². The average molecular weight is 367 g/mol. The SMILES string of the molecule is CC[C@@H](C)c1ccccc1NC(=O)[C@@H](C)N(C)Cc1ccc(C(C)C)cc1. The van der Waals surface area contributed by atoms with Crippen LogP contribution in [-0.4, -0.2) is 23.9 Å². The second-order valence-corrected chi connectivity index (χ2v) is 7.87. The van der Waals surface area contributed by atoms with Gasteiger partial charge in [0.05, 0.1) is 6.04 Å². The molecule has 0 aliphatic heterocycles. The van der Waals surface area contributed by atoms with E-state index < -0.39 is 0 Å². The molecule has 0 radical (unpaired) electrons. The number of nitrogens with one attached hydrogen (secondary N) is 1. The molecule has 0 unspecified atom stereocenters. The van der Waals surface area contributed by atoms with Gasteiger partial charge in [0.1, 0.15) is 0 Å². The molecule has 2 aromatic carbocycles. The second-order valence-electron chi connectivity index (χ2n) is 7.87. The topological polar surface area (TPSA) is 32.3 Å². The van der Waals surface area contributed by atoms with Gasteiger partial charge in [0.15, 0.2) is 0 Å². The van der Waals surface area contributed by atoms with E-state index in [0.717, 1.165) is 18.7 Å². The van der Waals surface area contributed by atoms with Crippen LogP contribution in [0.1, 0.15) is 69.6 Å². The van der Waals surface area contributed by atoms with E-state index in [-0.39, 0.29) is 11.9 Å². The van der Waals surface area contributed by atoms with Crippen LogP contribution in [0.2, 0.25) is 0 Å². The van der Waals surface area contributed by atoms with Crippen molar-refractivity contribution >= 4 is 11.6 Å². The molecule has 0 heterocycles. The molecule has 146 valence electrons. The molecule has 3 nitrogen and oxygen atoms in total. The molecule has 3 heteroatoms. The molecule has 2 rings (SSSR count). The Morgan fingerprint density at radius 2 is 1.63 bits per heavy atom. The van der Waals surface area contributed by atoms with Crippen molar-refractivity contribution in [2.24, 2.45) is 0 Å². The number of anilines is 1. The molecule has 0 aromatic heterocycles. The van der Waals surface area contributed by atoms with E-state index in [1.807, 2.05) is 32.2 Å². The standard InChI is InChI=1S/C24H34N2O/c1-7-18(4)22-10-8-9-11-23(22)25-24(27)19(5)26(6)16-20-12-14-21(15-13-20)17(2)3/h8-15,17-19H,7,16H2,1-6H3,(H,25,27)/t18-,19-/m1/s1. The predicted molar refractivity (Wildman–Crippen MR) is 115 cm³/mol. The van der Waals surface area contributed by atoms with E-state index in [1.165, 1.54) is 16.7 Å². The summed E-state index contributed by atoms with van der Waals surface area (Å²) >= 11 is 0. The van der Waals surface area contributed by atoms with Gasteiger partial charge in [0.2, 0.25) is 5.91 Å². The Morgan fingerprint density at radius 1 is 1.00 bits per heavy atom. The molecule has 0 saturated heterocycles. The van der Waals surface area contributed by atoms with E-state index in [0.29, 0.717) is 11.8 Å². The fourth-order valence-electron chi connectivity index (χ4n) is 3.13. The van der Waals surface area contributed by atoms with Gasteiger partial charge in [0, 0.05) is 12.2 Å². The van der Waals surface area contributed by atoms with Gasteiger partial charge in [-0.15, -0.1) is 0 Å². The van der Waals surface area contributed by atoms with Gasteiger partial charge in [-0.3, -0.25) is 9.69 Å². The van der Waals surface area contributed by atoms with Crippen molar-refractivity contribution in [3.8, 4) is 0 Å². The summed E-state index contributed by atoms with van der Waals surface area (Å²) in [5.41, 5.74) is 4.70. The third kappa shape index (κ3) is 5.67. The highest BCUT2D eigenvalue weighted by Gasteiger charge is 2.20. The summed E-state index contributed by atoms with van der Waals surface area (Å²) in [6, 6.07) is 16.6. The summed E-state index contributed by atoms with van der Waals surface area (Å²) in [6.45, 7) is 11.5. The van der Waals surface area contributed by atoms with Crippen molar-refractivity contribution in [1.29, 1.82) is 0 Å². The Morgan fingerprint density at radius 3 is 2.22 bits per heavy atom. The van der Waals surface area contributed by atoms with Gasteiger partial charge in [-0.2, -0.15) is 0 Å². The van der Waals surface area contributed by atoms with Crippen LogP contribution in [0, 0.1) is 0 Å². The van der Waals surface area contributed by atoms with Crippen molar-refractivity contribution in [3.05, 3.63) is 65.2 Å². The average Bonchev–Trinajstić information content (AvgIpc) is 2.67. The van der Waals surface area contributed by atoms with Crippen LogP contribution in [-0.2, 0) is 11.3 Å². The molecular formula is C24H34N2O. The Kier molecular flexibility index (Phi) is 7.61. The maximum Gasteiger partial charge on any atom is 0.241 e. The van der Waals surface area contributed by atoms with Crippen molar-refractivity contribution in [3.63, 3.8) is 0 Å². The van der Waals surface area contributed by atoms with Crippen LogP contribution in [0.5, 0.6) is 0 Å². The van der Waals surface area contributed by atoms with Crippen LogP contribution >= 0.6 is 0 Å². The Balaban J connectivity index is 2.02. The number of carbonyl (C=O) groups excluding carboxylic acids is 1. The van der Waals surface area contributed by atoms with Gasteiger partial charge in [-0.05, 0) is 55.0 Å². The highest BCUT2D eigenvalue weighted by atomic mass is 16.2. The maximum atomic E-state index is 12.8. The van der Waals surface area contributed by atoms with Crippen molar-refractivity contribution in [1.82, 2.24) is 4.90 Å². The molecule has 0 bridgehead atoms. The third-order valence-electron chi connectivity index (χ3n) is 5.48. The highest BCUT2D eigenvalue weighted by molar-refractivity contribution is 5.95. The summed E-state index contributed by atoms with van der Waals surface area (Å²) in [6.07, 6.45) is 1.05. The quantitative estimate of drug-likeness (QED) is 0.642. The number of hydrogen-bond donors (Lipinski definition) is 1. The molecule has 0 saturated carbocycles. The minimum atomic E-state index is -0.209. The first-order chi connectivity index (χ1) is 12.8. The molecular weight excluding hydrogens is 332 g/mol. The van der Waals surface area contributed by atoms with E-state index in [9.17, 15) is 4.79 Å². The first kappa shape index (κ1) is 21.2. The lowest BCUT2D eigenvalue weighted by atomic mass is 9.97. The number of carbonyl (C=O) groups is 1. The Bertz CT molecular complexity index is 736. The number of rotatable bonds is 8. The van der Waals surface area contributed by atoms with Crippen LogP contribution in [0.15, 0.2) is 48.5 Å². The first-order valence-corrected chi connectivity index (χ1v) is 10.0. The summed E-state index contributed by atoms with van der Waals surface area (Å²) in [5.74, 6) is 0.994. The zero-order valence-corrected chi connectivity index (χ0v) is 17.6. The van der Waals surface area contributed by atoms with E-state index in [1.54, 1.807) is 0 Å². The lowest BCUT2D eigenvalue weighted by Gasteiger charge is -2.25. The van der Waals surface area contributed by atoms with E-state index >= 15 is 0 Å². The predicted octanol–water partition coefficient (Wildman–Crippen LogP) is 5.78. The third-order valence-corrected chi connectivity index (χ3v) is 5.48. The second kappa shape index (κ2) is 9.70. The van der Waals surface area contributed by atoms with Crippen molar-refractivity contribution in [2.45, 2.75) is 65.5 Å². The van der Waals surface area contributed by atoms with Crippen molar-refractivity contribution < 1.29 is 4.79 Å². The molecule has 2 atom stereocenters. The molecule has 0 fully saturated rings. The minimum Gasteiger partial charge on any atom is -0.324 e. The summed E-state index contributed by atoms with van der Waals surface area (Å²) in [7, 11) is 2.00. The number of likely N-dealkylation sites (N-methyl/N-ethyl adjacent to an activating group) is 1. The normalized spacial score (nSPS) is 13.6. The van der Waals surface area contributed by atoms with E-state index in [4.69, 9.17) is 0 Å². The van der Waals surface area contributed by atoms with Gasteiger partial charge in [-0.25, -0.2) is 0 Å². The fraction of sp³-hybridized carbons (Fsp3) is 0.458. The zero-order chi connectivity index (χ0) is 20.0. The highest BCUT2D eigenvalue weighted by Crippen LogP contribution is 2.26. The van der Waals surface area contributed by atoms with Crippen LogP contribution in [0.3, 0.4) is 0 Å². The summed E-state index contributed by atoms with van der Waals surface area (Å²) < 4.78 is 0. The fourth-order valence-corrected chi connectivity index (χ4v) is 3.13. The zero-order valence-electron chi connectivity index (χ0n) is 17.6. The molecule has 0 aliphatic rings. The lowest BCUT2D eigenvalue weighted by molar-refractivity contribution is -0.120. The summed E-state index contributed by atoms with van der Waals surface area (Å²) in [4.78, 5) is 14.9. The number of benzene rings is 2. The molecule has 1 amide bonds. The minimum absolute atomic E-state index is 0.0343.